The molecule has 1 fully saturated rings. The third-order valence-corrected chi connectivity index (χ3v) is 3.74. The minimum Gasteiger partial charge on any atom is -0.379 e. The van der Waals surface area contributed by atoms with Crippen molar-refractivity contribution in [2.45, 2.75) is 25.9 Å². The molecular formula is C16H23FN2O2. The Bertz CT molecular complexity index is 481. The van der Waals surface area contributed by atoms with Crippen LogP contribution in [0.5, 0.6) is 0 Å². The summed E-state index contributed by atoms with van der Waals surface area (Å²) < 4.78 is 18.6. The van der Waals surface area contributed by atoms with Gasteiger partial charge in [0.1, 0.15) is 5.82 Å². The first kappa shape index (κ1) is 15.9. The van der Waals surface area contributed by atoms with E-state index in [1.54, 1.807) is 18.0 Å². The highest BCUT2D eigenvalue weighted by atomic mass is 19.1. The van der Waals surface area contributed by atoms with E-state index in [0.717, 1.165) is 18.5 Å². The summed E-state index contributed by atoms with van der Waals surface area (Å²) in [6.07, 6.45) is 1.02. The lowest BCUT2D eigenvalue weighted by Crippen LogP contribution is -2.44. The van der Waals surface area contributed by atoms with Crippen molar-refractivity contribution in [3.8, 4) is 0 Å². The van der Waals surface area contributed by atoms with Gasteiger partial charge < -0.3 is 15.0 Å². The van der Waals surface area contributed by atoms with Gasteiger partial charge in [-0.05, 0) is 30.7 Å². The molecule has 1 N–H and O–H groups in total. The Morgan fingerprint density at radius 3 is 3.00 bits per heavy atom. The van der Waals surface area contributed by atoms with Gasteiger partial charge in [0.2, 0.25) is 5.91 Å². The number of amides is 1. The molecule has 1 aliphatic heterocycles. The second-order valence-electron chi connectivity index (χ2n) is 5.53. The van der Waals surface area contributed by atoms with Crippen LogP contribution in [0.1, 0.15) is 18.9 Å². The van der Waals surface area contributed by atoms with E-state index in [-0.39, 0.29) is 23.7 Å². The quantitative estimate of drug-likeness (QED) is 0.870. The molecule has 1 aliphatic rings. The lowest BCUT2D eigenvalue weighted by molar-refractivity contribution is -0.135. The van der Waals surface area contributed by atoms with E-state index in [0.29, 0.717) is 19.8 Å². The molecule has 5 heteroatoms. The van der Waals surface area contributed by atoms with Gasteiger partial charge in [0.15, 0.2) is 0 Å². The van der Waals surface area contributed by atoms with E-state index < -0.39 is 0 Å². The number of hydrogen-bond acceptors (Lipinski definition) is 3. The zero-order chi connectivity index (χ0) is 15.2. The van der Waals surface area contributed by atoms with Crippen LogP contribution in [0.25, 0.3) is 0 Å². The highest BCUT2D eigenvalue weighted by Gasteiger charge is 2.35. The van der Waals surface area contributed by atoms with Crippen LogP contribution in [-0.4, -0.2) is 43.7 Å². The molecule has 1 aromatic rings. The fraction of sp³-hybridized carbons (Fsp3) is 0.562. The molecule has 1 saturated heterocycles. The number of halogens is 1. The SMILES string of the molecule is CCCNC1COCC1C(=O)N(C)Cc1cccc(F)c1. The molecule has 1 aromatic carbocycles. The zero-order valence-corrected chi connectivity index (χ0v) is 12.6. The average Bonchev–Trinajstić information content (AvgIpc) is 2.92. The molecule has 0 aliphatic carbocycles. The molecule has 2 unspecified atom stereocenters. The maximum atomic E-state index is 13.2. The first-order valence-corrected chi connectivity index (χ1v) is 7.42. The van der Waals surface area contributed by atoms with Crippen molar-refractivity contribution in [2.75, 3.05) is 26.8 Å². The Hall–Kier alpha value is -1.46. The van der Waals surface area contributed by atoms with E-state index in [4.69, 9.17) is 4.74 Å². The van der Waals surface area contributed by atoms with Crippen LogP contribution in [0.2, 0.25) is 0 Å². The summed E-state index contributed by atoms with van der Waals surface area (Å²) >= 11 is 0. The zero-order valence-electron chi connectivity index (χ0n) is 12.6. The summed E-state index contributed by atoms with van der Waals surface area (Å²) in [4.78, 5) is 14.2. The van der Waals surface area contributed by atoms with Crippen molar-refractivity contribution in [1.29, 1.82) is 0 Å². The molecule has 1 amide bonds. The number of benzene rings is 1. The molecule has 0 radical (unpaired) electrons. The van der Waals surface area contributed by atoms with E-state index in [9.17, 15) is 9.18 Å². The van der Waals surface area contributed by atoms with Gasteiger partial charge in [-0.25, -0.2) is 4.39 Å². The largest absolute Gasteiger partial charge is 0.379 e. The fourth-order valence-electron chi connectivity index (χ4n) is 2.60. The first-order valence-electron chi connectivity index (χ1n) is 7.42. The van der Waals surface area contributed by atoms with Crippen LogP contribution in [0, 0.1) is 11.7 Å². The molecule has 0 spiro atoms. The Kier molecular flexibility index (Phi) is 5.70. The number of hydrogen-bond donors (Lipinski definition) is 1. The van der Waals surface area contributed by atoms with Gasteiger partial charge in [-0.1, -0.05) is 19.1 Å². The summed E-state index contributed by atoms with van der Waals surface area (Å²) in [5.41, 5.74) is 0.794. The maximum absolute atomic E-state index is 13.2. The summed E-state index contributed by atoms with van der Waals surface area (Å²) in [7, 11) is 1.75. The molecule has 0 saturated carbocycles. The number of carbonyl (C=O) groups is 1. The summed E-state index contributed by atoms with van der Waals surface area (Å²) in [6.45, 7) is 4.41. The summed E-state index contributed by atoms with van der Waals surface area (Å²) in [6, 6.07) is 6.42. The third-order valence-electron chi connectivity index (χ3n) is 3.74. The molecular weight excluding hydrogens is 271 g/mol. The fourth-order valence-corrected chi connectivity index (χ4v) is 2.60. The number of ether oxygens (including phenoxy) is 1. The van der Waals surface area contributed by atoms with Crippen LogP contribution in [0.15, 0.2) is 24.3 Å². The lowest BCUT2D eigenvalue weighted by Gasteiger charge is -2.24. The predicted octanol–water partition coefficient (Wildman–Crippen LogP) is 1.80. The average molecular weight is 294 g/mol. The molecule has 21 heavy (non-hydrogen) atoms. The van der Waals surface area contributed by atoms with Gasteiger partial charge in [-0.3, -0.25) is 4.79 Å². The monoisotopic (exact) mass is 294 g/mol. The van der Waals surface area contributed by atoms with Gasteiger partial charge in [-0.15, -0.1) is 0 Å². The normalized spacial score (nSPS) is 21.5. The van der Waals surface area contributed by atoms with Crippen LogP contribution in [0.4, 0.5) is 4.39 Å². The molecule has 0 bridgehead atoms. The van der Waals surface area contributed by atoms with Crippen molar-refractivity contribution >= 4 is 5.91 Å². The molecule has 116 valence electrons. The van der Waals surface area contributed by atoms with Crippen molar-refractivity contribution in [1.82, 2.24) is 10.2 Å². The number of nitrogens with one attached hydrogen (secondary N) is 1. The van der Waals surface area contributed by atoms with Gasteiger partial charge in [0, 0.05) is 19.6 Å². The van der Waals surface area contributed by atoms with Crippen LogP contribution in [0.3, 0.4) is 0 Å². The van der Waals surface area contributed by atoms with E-state index in [1.807, 2.05) is 6.07 Å². The number of rotatable bonds is 6. The molecule has 1 heterocycles. The van der Waals surface area contributed by atoms with Gasteiger partial charge in [0.05, 0.1) is 19.1 Å². The second kappa shape index (κ2) is 7.52. The van der Waals surface area contributed by atoms with Crippen LogP contribution in [-0.2, 0) is 16.1 Å². The van der Waals surface area contributed by atoms with Crippen LogP contribution < -0.4 is 5.32 Å². The van der Waals surface area contributed by atoms with Crippen LogP contribution >= 0.6 is 0 Å². The van der Waals surface area contributed by atoms with Gasteiger partial charge in [0.25, 0.3) is 0 Å². The summed E-state index contributed by atoms with van der Waals surface area (Å²) in [5, 5.41) is 3.36. The summed E-state index contributed by atoms with van der Waals surface area (Å²) in [5.74, 6) is -0.388. The predicted molar refractivity (Wildman–Crippen MR) is 79.3 cm³/mol. The minimum absolute atomic E-state index is 0.0466. The molecule has 0 aromatic heterocycles. The standard InChI is InChI=1S/C16H23FN2O2/c1-3-7-18-15-11-21-10-14(15)16(20)19(2)9-12-5-4-6-13(17)8-12/h4-6,8,14-15,18H,3,7,9-11H2,1-2H3. The smallest absolute Gasteiger partial charge is 0.229 e. The second-order valence-corrected chi connectivity index (χ2v) is 5.53. The lowest BCUT2D eigenvalue weighted by atomic mass is 10.0. The van der Waals surface area contributed by atoms with E-state index in [2.05, 4.69) is 12.2 Å². The van der Waals surface area contributed by atoms with Gasteiger partial charge in [-0.2, -0.15) is 0 Å². The third kappa shape index (κ3) is 4.25. The Morgan fingerprint density at radius 2 is 2.29 bits per heavy atom. The Labute approximate surface area is 125 Å². The Morgan fingerprint density at radius 1 is 1.48 bits per heavy atom. The molecule has 2 atom stereocenters. The molecule has 4 nitrogen and oxygen atoms in total. The van der Waals surface area contributed by atoms with Crippen molar-refractivity contribution in [3.05, 3.63) is 35.6 Å². The van der Waals surface area contributed by atoms with Crippen molar-refractivity contribution in [3.63, 3.8) is 0 Å². The minimum atomic E-state index is -0.278. The number of nitrogens with zero attached hydrogens (tertiary/aromatic N) is 1. The van der Waals surface area contributed by atoms with E-state index >= 15 is 0 Å². The van der Waals surface area contributed by atoms with Crippen molar-refractivity contribution in [2.24, 2.45) is 5.92 Å². The first-order chi connectivity index (χ1) is 10.1. The maximum Gasteiger partial charge on any atom is 0.229 e. The highest BCUT2D eigenvalue weighted by Crippen LogP contribution is 2.18. The molecule has 2 rings (SSSR count). The van der Waals surface area contributed by atoms with Crippen molar-refractivity contribution < 1.29 is 13.9 Å². The Balaban J connectivity index is 1.95. The number of carbonyl (C=O) groups excluding carboxylic acids is 1. The van der Waals surface area contributed by atoms with Gasteiger partial charge >= 0.3 is 0 Å². The topological polar surface area (TPSA) is 41.6 Å². The van der Waals surface area contributed by atoms with E-state index in [1.165, 1.54) is 12.1 Å². The highest BCUT2D eigenvalue weighted by molar-refractivity contribution is 5.79.